The number of nitrogens with one attached hydrogen (secondary N) is 1. The van der Waals surface area contributed by atoms with Gasteiger partial charge in [-0.1, -0.05) is 20.3 Å². The summed E-state index contributed by atoms with van der Waals surface area (Å²) in [6, 6.07) is 2.69. The second-order valence-corrected chi connectivity index (χ2v) is 5.23. The number of rotatable bonds is 4. The van der Waals surface area contributed by atoms with Gasteiger partial charge in [-0.3, -0.25) is 4.68 Å². The maximum atomic E-state index is 4.21. The number of hydrogen-bond donors (Lipinski definition) is 1. The Bertz CT molecular complexity index is 294. The maximum absolute atomic E-state index is 4.21. The molecule has 3 heteroatoms. The highest BCUT2D eigenvalue weighted by molar-refractivity contribution is 4.82. The SMILES string of the molecule is CC1CCC(C)C(NCCn2cccn2)C1. The summed E-state index contributed by atoms with van der Waals surface area (Å²) < 4.78 is 1.99. The molecule has 3 nitrogen and oxygen atoms in total. The Morgan fingerprint density at radius 2 is 2.25 bits per heavy atom. The molecule has 1 aliphatic rings. The summed E-state index contributed by atoms with van der Waals surface area (Å²) in [7, 11) is 0. The lowest BCUT2D eigenvalue weighted by Crippen LogP contribution is -2.40. The third-order valence-corrected chi connectivity index (χ3v) is 3.76. The van der Waals surface area contributed by atoms with E-state index in [1.165, 1.54) is 19.3 Å². The van der Waals surface area contributed by atoms with E-state index in [9.17, 15) is 0 Å². The maximum Gasteiger partial charge on any atom is 0.0534 e. The molecule has 1 fully saturated rings. The van der Waals surface area contributed by atoms with Crippen LogP contribution in [0.1, 0.15) is 33.1 Å². The first kappa shape index (κ1) is 11.6. The van der Waals surface area contributed by atoms with E-state index in [0.29, 0.717) is 6.04 Å². The van der Waals surface area contributed by atoms with Crippen molar-refractivity contribution in [1.82, 2.24) is 15.1 Å². The fourth-order valence-electron chi connectivity index (χ4n) is 2.61. The van der Waals surface area contributed by atoms with Crippen LogP contribution in [0, 0.1) is 11.8 Å². The molecule has 3 unspecified atom stereocenters. The Morgan fingerprint density at radius 1 is 1.38 bits per heavy atom. The molecule has 2 rings (SSSR count). The molecule has 0 spiro atoms. The van der Waals surface area contributed by atoms with Crippen molar-refractivity contribution < 1.29 is 0 Å². The predicted octanol–water partition coefficient (Wildman–Crippen LogP) is 2.30. The van der Waals surface area contributed by atoms with Crippen molar-refractivity contribution in [3.63, 3.8) is 0 Å². The largest absolute Gasteiger partial charge is 0.312 e. The summed E-state index contributed by atoms with van der Waals surface area (Å²) in [5, 5.41) is 7.89. The zero-order valence-corrected chi connectivity index (χ0v) is 10.4. The molecular weight excluding hydrogens is 198 g/mol. The minimum atomic E-state index is 0.708. The van der Waals surface area contributed by atoms with Gasteiger partial charge in [0.2, 0.25) is 0 Å². The Balaban J connectivity index is 1.72. The highest BCUT2D eigenvalue weighted by Crippen LogP contribution is 2.28. The summed E-state index contributed by atoms with van der Waals surface area (Å²) in [6.45, 7) is 6.75. The van der Waals surface area contributed by atoms with E-state index in [1.54, 1.807) is 0 Å². The molecule has 1 N–H and O–H groups in total. The Labute approximate surface area is 98.2 Å². The molecule has 1 aliphatic carbocycles. The number of aromatic nitrogens is 2. The Morgan fingerprint density at radius 3 is 3.00 bits per heavy atom. The first-order valence-electron chi connectivity index (χ1n) is 6.46. The van der Waals surface area contributed by atoms with E-state index in [2.05, 4.69) is 24.3 Å². The second kappa shape index (κ2) is 5.48. The fourth-order valence-corrected chi connectivity index (χ4v) is 2.61. The van der Waals surface area contributed by atoms with Gasteiger partial charge in [0.05, 0.1) is 6.54 Å². The summed E-state index contributed by atoms with van der Waals surface area (Å²) >= 11 is 0. The minimum Gasteiger partial charge on any atom is -0.312 e. The smallest absolute Gasteiger partial charge is 0.0534 e. The van der Waals surface area contributed by atoms with Gasteiger partial charge in [0.1, 0.15) is 0 Å². The van der Waals surface area contributed by atoms with Gasteiger partial charge in [-0.25, -0.2) is 0 Å². The molecule has 90 valence electrons. The van der Waals surface area contributed by atoms with Crippen LogP contribution in [0.3, 0.4) is 0 Å². The van der Waals surface area contributed by atoms with Crippen LogP contribution in [0.4, 0.5) is 0 Å². The van der Waals surface area contributed by atoms with Crippen molar-refractivity contribution in [3.05, 3.63) is 18.5 Å². The molecular formula is C13H23N3. The normalized spacial score (nSPS) is 30.5. The quantitative estimate of drug-likeness (QED) is 0.845. The van der Waals surface area contributed by atoms with Gasteiger partial charge in [-0.05, 0) is 30.7 Å². The van der Waals surface area contributed by atoms with Crippen LogP contribution >= 0.6 is 0 Å². The van der Waals surface area contributed by atoms with E-state index in [-0.39, 0.29) is 0 Å². The van der Waals surface area contributed by atoms with Crippen LogP contribution in [-0.4, -0.2) is 22.4 Å². The number of hydrogen-bond acceptors (Lipinski definition) is 2. The minimum absolute atomic E-state index is 0.708. The summed E-state index contributed by atoms with van der Waals surface area (Å²) in [6.07, 6.45) is 7.97. The van der Waals surface area contributed by atoms with Gasteiger partial charge in [0.15, 0.2) is 0 Å². The van der Waals surface area contributed by atoms with E-state index in [4.69, 9.17) is 0 Å². The highest BCUT2D eigenvalue weighted by atomic mass is 15.3. The molecule has 0 bridgehead atoms. The Hall–Kier alpha value is -0.830. The summed E-state index contributed by atoms with van der Waals surface area (Å²) in [5.74, 6) is 1.72. The third-order valence-electron chi connectivity index (χ3n) is 3.76. The summed E-state index contributed by atoms with van der Waals surface area (Å²) in [4.78, 5) is 0. The van der Waals surface area contributed by atoms with Gasteiger partial charge in [-0.2, -0.15) is 5.10 Å². The van der Waals surface area contributed by atoms with E-state index >= 15 is 0 Å². The van der Waals surface area contributed by atoms with Gasteiger partial charge in [0.25, 0.3) is 0 Å². The predicted molar refractivity (Wildman–Crippen MR) is 66.2 cm³/mol. The second-order valence-electron chi connectivity index (χ2n) is 5.23. The zero-order valence-electron chi connectivity index (χ0n) is 10.4. The molecule has 1 aromatic heterocycles. The van der Waals surface area contributed by atoms with Gasteiger partial charge >= 0.3 is 0 Å². The van der Waals surface area contributed by atoms with E-state index in [1.807, 2.05) is 23.1 Å². The first-order chi connectivity index (χ1) is 7.75. The van der Waals surface area contributed by atoms with Gasteiger partial charge < -0.3 is 5.32 Å². The lowest BCUT2D eigenvalue weighted by Gasteiger charge is -2.33. The molecule has 1 aromatic rings. The standard InChI is InChI=1S/C13H23N3/c1-11-4-5-12(2)13(10-11)14-7-9-16-8-3-6-15-16/h3,6,8,11-14H,4-5,7,9-10H2,1-2H3. The van der Waals surface area contributed by atoms with Gasteiger partial charge in [-0.15, -0.1) is 0 Å². The lowest BCUT2D eigenvalue weighted by atomic mass is 9.80. The fraction of sp³-hybridized carbons (Fsp3) is 0.769. The number of nitrogens with zero attached hydrogens (tertiary/aromatic N) is 2. The van der Waals surface area contributed by atoms with E-state index < -0.39 is 0 Å². The van der Waals surface area contributed by atoms with Crippen molar-refractivity contribution in [2.45, 2.75) is 45.7 Å². The van der Waals surface area contributed by atoms with Crippen molar-refractivity contribution in [2.75, 3.05) is 6.54 Å². The van der Waals surface area contributed by atoms with E-state index in [0.717, 1.165) is 24.9 Å². The molecule has 1 heterocycles. The Kier molecular flexibility index (Phi) is 3.99. The third kappa shape index (κ3) is 3.08. The van der Waals surface area contributed by atoms with Crippen LogP contribution in [0.2, 0.25) is 0 Å². The molecule has 16 heavy (non-hydrogen) atoms. The summed E-state index contributed by atoms with van der Waals surface area (Å²) in [5.41, 5.74) is 0. The molecule has 1 saturated carbocycles. The average Bonchev–Trinajstić information content (AvgIpc) is 2.76. The van der Waals surface area contributed by atoms with Crippen LogP contribution in [0.15, 0.2) is 18.5 Å². The molecule has 0 amide bonds. The van der Waals surface area contributed by atoms with Crippen molar-refractivity contribution >= 4 is 0 Å². The monoisotopic (exact) mass is 221 g/mol. The molecule has 0 aromatic carbocycles. The van der Waals surface area contributed by atoms with Crippen molar-refractivity contribution in [1.29, 1.82) is 0 Å². The molecule has 3 atom stereocenters. The molecule has 0 saturated heterocycles. The van der Waals surface area contributed by atoms with Crippen molar-refractivity contribution in [3.8, 4) is 0 Å². The molecule has 0 radical (unpaired) electrons. The lowest BCUT2D eigenvalue weighted by molar-refractivity contribution is 0.227. The van der Waals surface area contributed by atoms with Crippen LogP contribution in [0.5, 0.6) is 0 Å². The topological polar surface area (TPSA) is 29.9 Å². The van der Waals surface area contributed by atoms with Crippen molar-refractivity contribution in [2.24, 2.45) is 11.8 Å². The first-order valence-corrected chi connectivity index (χ1v) is 6.46. The average molecular weight is 221 g/mol. The van der Waals surface area contributed by atoms with Crippen LogP contribution < -0.4 is 5.32 Å². The van der Waals surface area contributed by atoms with Crippen LogP contribution in [-0.2, 0) is 6.54 Å². The van der Waals surface area contributed by atoms with Gasteiger partial charge in [0, 0.05) is 25.0 Å². The highest BCUT2D eigenvalue weighted by Gasteiger charge is 2.24. The van der Waals surface area contributed by atoms with Crippen LogP contribution in [0.25, 0.3) is 0 Å². The molecule has 0 aliphatic heterocycles. The zero-order chi connectivity index (χ0) is 11.4.